The van der Waals surface area contributed by atoms with Crippen LogP contribution in [0.4, 0.5) is 23.5 Å². The van der Waals surface area contributed by atoms with Crippen LogP contribution in [0, 0.1) is 6.92 Å². The molecule has 2 N–H and O–H groups in total. The number of anilines is 4. The molecule has 0 radical (unpaired) electrons. The van der Waals surface area contributed by atoms with Crippen molar-refractivity contribution in [1.82, 2.24) is 34.8 Å². The number of aromatic nitrogens is 6. The van der Waals surface area contributed by atoms with Gasteiger partial charge in [-0.05, 0) is 42.8 Å². The number of rotatable bonds is 8. The minimum absolute atomic E-state index is 0.140. The van der Waals surface area contributed by atoms with Crippen molar-refractivity contribution in [3.63, 3.8) is 0 Å². The Morgan fingerprint density at radius 3 is 2.37 bits per heavy atom. The predicted octanol–water partition coefficient (Wildman–Crippen LogP) is 4.41. The summed E-state index contributed by atoms with van der Waals surface area (Å²) in [5.74, 6) is 0.828. The molecule has 0 bridgehead atoms. The molecule has 1 saturated heterocycles. The molecule has 1 amide bonds. The van der Waals surface area contributed by atoms with Gasteiger partial charge in [0.15, 0.2) is 0 Å². The first-order chi connectivity index (χ1) is 20.1. The van der Waals surface area contributed by atoms with Gasteiger partial charge in [0, 0.05) is 61.7 Å². The van der Waals surface area contributed by atoms with Crippen LogP contribution in [0.1, 0.15) is 21.7 Å². The normalized spacial score (nSPS) is 13.6. The average molecular weight is 565 g/mol. The molecule has 4 heterocycles. The molecule has 12 heteroatoms. The molecule has 0 aliphatic carbocycles. The molecule has 2 aromatic carbocycles. The maximum atomic E-state index is 13.0. The van der Waals surface area contributed by atoms with E-state index in [9.17, 15) is 4.79 Å². The van der Waals surface area contributed by atoms with Gasteiger partial charge in [-0.2, -0.15) is 15.0 Å². The third kappa shape index (κ3) is 6.68. The number of carbonyl (C=O) groups excluding carboxylic acids is 1. The zero-order valence-electron chi connectivity index (χ0n) is 22.4. The Morgan fingerprint density at radius 1 is 0.829 bits per heavy atom. The largest absolute Gasteiger partial charge is 0.369 e. The maximum Gasteiger partial charge on any atom is 0.258 e. The summed E-state index contributed by atoms with van der Waals surface area (Å²) in [6, 6.07) is 20.0. The first-order valence-electron chi connectivity index (χ1n) is 13.2. The number of nitrogens with one attached hydrogen (secondary N) is 2. The highest BCUT2D eigenvalue weighted by Gasteiger charge is 2.18. The zero-order valence-corrected chi connectivity index (χ0v) is 23.3. The Morgan fingerprint density at radius 2 is 1.61 bits per heavy atom. The topological polar surface area (TPSA) is 125 Å². The number of nitrogens with zero attached hydrogens (tertiary/aromatic N) is 8. The second-order valence-electron chi connectivity index (χ2n) is 9.51. The van der Waals surface area contributed by atoms with Gasteiger partial charge in [-0.1, -0.05) is 30.3 Å². The van der Waals surface area contributed by atoms with E-state index >= 15 is 0 Å². The first kappa shape index (κ1) is 26.4. The van der Waals surface area contributed by atoms with Crippen molar-refractivity contribution >= 4 is 40.8 Å². The molecule has 1 aliphatic heterocycles. The summed E-state index contributed by atoms with van der Waals surface area (Å²) in [4.78, 5) is 43.7. The quantitative estimate of drug-likeness (QED) is 0.280. The van der Waals surface area contributed by atoms with E-state index in [1.165, 1.54) is 17.0 Å². The number of aryl methyl sites for hydroxylation is 1. The Labute approximate surface area is 241 Å². The van der Waals surface area contributed by atoms with Gasteiger partial charge < -0.3 is 4.90 Å². The third-order valence-corrected chi connectivity index (χ3v) is 7.41. The van der Waals surface area contributed by atoms with E-state index < -0.39 is 0 Å². The number of amides is 1. The Bertz CT molecular complexity index is 1610. The molecule has 0 saturated carbocycles. The van der Waals surface area contributed by atoms with Gasteiger partial charge >= 0.3 is 0 Å². The molecule has 206 valence electrons. The Hall–Kier alpha value is -4.81. The van der Waals surface area contributed by atoms with E-state index in [0.29, 0.717) is 23.0 Å². The van der Waals surface area contributed by atoms with Gasteiger partial charge in [-0.15, -0.1) is 11.3 Å². The summed E-state index contributed by atoms with van der Waals surface area (Å²) < 4.78 is 0. The number of carbonyl (C=O) groups is 1. The van der Waals surface area contributed by atoms with Crippen molar-refractivity contribution in [3.05, 3.63) is 95.4 Å². The molecule has 0 atom stereocenters. The van der Waals surface area contributed by atoms with Crippen LogP contribution in [-0.2, 0) is 6.54 Å². The number of piperazine rings is 1. The SMILES string of the molecule is Cc1nc(NC(=O)c2ccc(CN3CCN(c4ccccc4)CC3)cc2)nc(Nc2nccc(-c3nccs3)n2)n1. The van der Waals surface area contributed by atoms with E-state index in [0.717, 1.165) is 43.3 Å². The van der Waals surface area contributed by atoms with Gasteiger partial charge in [0.2, 0.25) is 17.8 Å². The van der Waals surface area contributed by atoms with E-state index in [1.807, 2.05) is 35.7 Å². The third-order valence-electron chi connectivity index (χ3n) is 6.62. The number of hydrogen-bond donors (Lipinski definition) is 2. The van der Waals surface area contributed by atoms with Gasteiger partial charge in [0.25, 0.3) is 5.91 Å². The van der Waals surface area contributed by atoms with Crippen LogP contribution in [0.25, 0.3) is 10.7 Å². The summed E-state index contributed by atoms with van der Waals surface area (Å²) in [6.45, 7) is 6.55. The van der Waals surface area contributed by atoms with Gasteiger partial charge in [0.1, 0.15) is 16.5 Å². The zero-order chi connectivity index (χ0) is 28.0. The van der Waals surface area contributed by atoms with Gasteiger partial charge in [-0.3, -0.25) is 20.3 Å². The lowest BCUT2D eigenvalue weighted by molar-refractivity contribution is 0.102. The Balaban J connectivity index is 1.05. The molecule has 41 heavy (non-hydrogen) atoms. The molecule has 11 nitrogen and oxygen atoms in total. The second-order valence-corrected chi connectivity index (χ2v) is 10.4. The lowest BCUT2D eigenvalue weighted by atomic mass is 10.1. The van der Waals surface area contributed by atoms with E-state index in [4.69, 9.17) is 0 Å². The summed E-state index contributed by atoms with van der Waals surface area (Å²) in [7, 11) is 0. The van der Waals surface area contributed by atoms with Crippen molar-refractivity contribution < 1.29 is 4.79 Å². The van der Waals surface area contributed by atoms with Crippen LogP contribution in [0.3, 0.4) is 0 Å². The molecular formula is C29H28N10OS. The number of thiazole rings is 1. The van der Waals surface area contributed by atoms with Crippen LogP contribution >= 0.6 is 11.3 Å². The fourth-order valence-electron chi connectivity index (χ4n) is 4.58. The molecular weight excluding hydrogens is 536 g/mol. The summed E-state index contributed by atoms with van der Waals surface area (Å²) >= 11 is 1.49. The Kier molecular flexibility index (Phi) is 7.83. The average Bonchev–Trinajstić information content (AvgIpc) is 3.54. The highest BCUT2D eigenvalue weighted by Crippen LogP contribution is 2.21. The minimum atomic E-state index is -0.299. The van der Waals surface area contributed by atoms with E-state index in [2.05, 4.69) is 74.6 Å². The van der Waals surface area contributed by atoms with Gasteiger partial charge in [0.05, 0.1) is 0 Å². The molecule has 6 rings (SSSR count). The van der Waals surface area contributed by atoms with Crippen molar-refractivity contribution in [2.24, 2.45) is 0 Å². The first-order valence-corrected chi connectivity index (χ1v) is 14.1. The summed E-state index contributed by atoms with van der Waals surface area (Å²) in [5, 5.41) is 8.44. The lowest BCUT2D eigenvalue weighted by Crippen LogP contribution is -2.45. The number of hydrogen-bond acceptors (Lipinski definition) is 11. The number of benzene rings is 2. The molecule has 0 spiro atoms. The molecule has 3 aromatic heterocycles. The fourth-order valence-corrected chi connectivity index (χ4v) is 5.18. The van der Waals surface area contributed by atoms with Crippen LogP contribution < -0.4 is 15.5 Å². The smallest absolute Gasteiger partial charge is 0.258 e. The van der Waals surface area contributed by atoms with Crippen molar-refractivity contribution in [3.8, 4) is 10.7 Å². The maximum absolute atomic E-state index is 13.0. The summed E-state index contributed by atoms with van der Waals surface area (Å²) in [6.07, 6.45) is 3.36. The van der Waals surface area contributed by atoms with Crippen LogP contribution in [0.2, 0.25) is 0 Å². The van der Waals surface area contributed by atoms with Crippen molar-refractivity contribution in [2.75, 3.05) is 41.7 Å². The van der Waals surface area contributed by atoms with Crippen molar-refractivity contribution in [1.29, 1.82) is 0 Å². The monoisotopic (exact) mass is 564 g/mol. The molecule has 0 unspecified atom stereocenters. The molecule has 5 aromatic rings. The highest BCUT2D eigenvalue weighted by atomic mass is 32.1. The predicted molar refractivity (Wildman–Crippen MR) is 159 cm³/mol. The standard InChI is InChI=1S/C29H28N10OS/c1-20-32-28(37-29(33-20)36-27-31-12-11-24(34-27)26-30-13-18-41-26)35-25(40)22-9-7-21(8-10-22)19-38-14-16-39(17-15-38)23-5-3-2-4-6-23/h2-13,18H,14-17,19H2,1H3,(H2,31,32,33,34,35,36,37,40). The molecule has 1 aliphatic rings. The van der Waals surface area contributed by atoms with Crippen molar-refractivity contribution in [2.45, 2.75) is 13.5 Å². The van der Waals surface area contributed by atoms with Crippen LogP contribution in [-0.4, -0.2) is 66.9 Å². The van der Waals surface area contributed by atoms with E-state index in [1.54, 1.807) is 25.4 Å². The van der Waals surface area contributed by atoms with E-state index in [-0.39, 0.29) is 17.8 Å². The second kappa shape index (κ2) is 12.1. The fraction of sp³-hybridized carbons (Fsp3) is 0.207. The highest BCUT2D eigenvalue weighted by molar-refractivity contribution is 7.13. The van der Waals surface area contributed by atoms with Gasteiger partial charge in [-0.25, -0.2) is 15.0 Å². The minimum Gasteiger partial charge on any atom is -0.369 e. The molecule has 1 fully saturated rings. The number of para-hydroxylation sites is 1. The van der Waals surface area contributed by atoms with Crippen LogP contribution in [0.5, 0.6) is 0 Å². The lowest BCUT2D eigenvalue weighted by Gasteiger charge is -2.36. The van der Waals surface area contributed by atoms with Crippen LogP contribution in [0.15, 0.2) is 78.4 Å². The summed E-state index contributed by atoms with van der Waals surface area (Å²) in [5.41, 5.74) is 3.65.